The number of nitro groups is 1. The lowest BCUT2D eigenvalue weighted by Crippen LogP contribution is -2.39. The number of anilines is 2. The first-order valence-corrected chi connectivity index (χ1v) is 12.6. The Morgan fingerprint density at radius 3 is 2.42 bits per heavy atom. The minimum atomic E-state index is -0.462. The van der Waals surface area contributed by atoms with Gasteiger partial charge in [0.25, 0.3) is 11.6 Å². The van der Waals surface area contributed by atoms with Crippen LogP contribution in [0.3, 0.4) is 0 Å². The van der Waals surface area contributed by atoms with E-state index in [1.165, 1.54) is 12.1 Å². The molecule has 0 unspecified atom stereocenters. The van der Waals surface area contributed by atoms with Crippen LogP contribution in [0.15, 0.2) is 72.8 Å². The lowest BCUT2D eigenvalue weighted by Gasteiger charge is -2.31. The molecular formula is C29H29N5O4. The molecule has 3 aromatic rings. The van der Waals surface area contributed by atoms with Gasteiger partial charge in [-0.3, -0.25) is 24.6 Å². The second-order valence-electron chi connectivity index (χ2n) is 9.54. The van der Waals surface area contributed by atoms with Crippen molar-refractivity contribution in [3.8, 4) is 0 Å². The molecule has 2 aliphatic rings. The van der Waals surface area contributed by atoms with Crippen LogP contribution in [0.2, 0.25) is 0 Å². The zero-order valence-corrected chi connectivity index (χ0v) is 21.1. The molecule has 9 nitrogen and oxygen atoms in total. The van der Waals surface area contributed by atoms with Crippen molar-refractivity contribution in [1.29, 1.82) is 0 Å². The van der Waals surface area contributed by atoms with Gasteiger partial charge in [0.1, 0.15) is 0 Å². The summed E-state index contributed by atoms with van der Waals surface area (Å²) < 4.78 is 0. The molecule has 9 heteroatoms. The number of likely N-dealkylation sites (tertiary alicyclic amines) is 1. The van der Waals surface area contributed by atoms with Gasteiger partial charge in [-0.05, 0) is 55.3 Å². The minimum Gasteiger partial charge on any atom is -0.359 e. The van der Waals surface area contributed by atoms with Crippen LogP contribution in [-0.2, 0) is 16.1 Å². The summed E-state index contributed by atoms with van der Waals surface area (Å²) in [5.74, 6) is -0.105. The standard InChI is InChI=1S/C29H29N5O4/c1-30-28(35)21-13-15-33(16-14-21)18-19-7-9-22(10-8-19)31-27(20-5-3-2-4-6-20)26-24-17-23(34(37)38)11-12-25(24)32-29(26)36/h2-12,17,21,31H,13-16,18H2,1H3,(H,30,35)(H,32,36)/b27-26-. The van der Waals surface area contributed by atoms with Crippen molar-refractivity contribution < 1.29 is 14.5 Å². The SMILES string of the molecule is CNC(=O)C1CCN(Cc2ccc(N/C(=C3\C(=O)Nc4ccc([N+](=O)[O-])cc43)c3ccccc3)cc2)CC1. The van der Waals surface area contributed by atoms with Crippen molar-refractivity contribution in [2.24, 2.45) is 5.92 Å². The molecule has 0 aliphatic carbocycles. The van der Waals surface area contributed by atoms with E-state index < -0.39 is 4.92 Å². The predicted octanol–water partition coefficient (Wildman–Crippen LogP) is 4.49. The molecular weight excluding hydrogens is 482 g/mol. The molecule has 194 valence electrons. The summed E-state index contributed by atoms with van der Waals surface area (Å²) in [5, 5.41) is 20.4. The molecule has 3 aromatic carbocycles. The number of non-ortho nitro benzene ring substituents is 1. The zero-order chi connectivity index (χ0) is 26.6. The summed E-state index contributed by atoms with van der Waals surface area (Å²) in [6.45, 7) is 2.55. The van der Waals surface area contributed by atoms with Crippen LogP contribution in [-0.4, -0.2) is 41.8 Å². The summed E-state index contributed by atoms with van der Waals surface area (Å²) in [4.78, 5) is 38.3. The first-order valence-electron chi connectivity index (χ1n) is 12.6. The maximum Gasteiger partial charge on any atom is 0.270 e. The summed E-state index contributed by atoms with van der Waals surface area (Å²) in [6, 6.07) is 21.9. The highest BCUT2D eigenvalue weighted by Gasteiger charge is 2.30. The molecule has 2 amide bonds. The number of carbonyl (C=O) groups is 2. The van der Waals surface area contributed by atoms with Gasteiger partial charge in [0.15, 0.2) is 0 Å². The van der Waals surface area contributed by atoms with E-state index in [-0.39, 0.29) is 23.4 Å². The predicted molar refractivity (Wildman–Crippen MR) is 147 cm³/mol. The third kappa shape index (κ3) is 5.28. The molecule has 2 aliphatic heterocycles. The Hall–Kier alpha value is -4.50. The maximum absolute atomic E-state index is 13.1. The van der Waals surface area contributed by atoms with Crippen molar-refractivity contribution >= 4 is 40.1 Å². The summed E-state index contributed by atoms with van der Waals surface area (Å²) in [5.41, 5.74) is 4.64. The quantitative estimate of drug-likeness (QED) is 0.245. The number of hydrogen-bond acceptors (Lipinski definition) is 6. The normalized spacial score (nSPS) is 16.9. The average molecular weight is 512 g/mol. The number of nitrogens with one attached hydrogen (secondary N) is 3. The van der Waals surface area contributed by atoms with Crippen molar-refractivity contribution in [3.05, 3.63) is 99.6 Å². The highest BCUT2D eigenvalue weighted by Crippen LogP contribution is 2.39. The molecule has 1 saturated heterocycles. The number of rotatable bonds is 7. The molecule has 1 fully saturated rings. The topological polar surface area (TPSA) is 117 Å². The highest BCUT2D eigenvalue weighted by atomic mass is 16.6. The van der Waals surface area contributed by atoms with Gasteiger partial charge in [-0.2, -0.15) is 0 Å². The third-order valence-electron chi connectivity index (χ3n) is 7.11. The van der Waals surface area contributed by atoms with E-state index in [1.54, 1.807) is 13.1 Å². The Morgan fingerprint density at radius 2 is 1.76 bits per heavy atom. The smallest absolute Gasteiger partial charge is 0.270 e. The minimum absolute atomic E-state index is 0.0751. The van der Waals surface area contributed by atoms with Gasteiger partial charge in [0.2, 0.25) is 5.91 Å². The number of nitrogens with zero attached hydrogens (tertiary/aromatic N) is 2. The van der Waals surface area contributed by atoms with Crippen LogP contribution in [0.4, 0.5) is 17.1 Å². The first kappa shape index (κ1) is 25.2. The Labute approximate surface area is 220 Å². The monoisotopic (exact) mass is 511 g/mol. The van der Waals surface area contributed by atoms with Gasteiger partial charge < -0.3 is 16.0 Å². The van der Waals surface area contributed by atoms with E-state index in [9.17, 15) is 19.7 Å². The summed E-state index contributed by atoms with van der Waals surface area (Å²) in [7, 11) is 1.69. The Kier molecular flexibility index (Phi) is 7.19. The van der Waals surface area contributed by atoms with Crippen LogP contribution in [0.5, 0.6) is 0 Å². The molecule has 2 heterocycles. The molecule has 5 rings (SSSR count). The molecule has 3 N–H and O–H groups in total. The van der Waals surface area contributed by atoms with E-state index in [2.05, 4.69) is 20.9 Å². The number of benzene rings is 3. The van der Waals surface area contributed by atoms with E-state index in [0.29, 0.717) is 22.5 Å². The van der Waals surface area contributed by atoms with Gasteiger partial charge >= 0.3 is 0 Å². The van der Waals surface area contributed by atoms with E-state index in [4.69, 9.17) is 0 Å². The second kappa shape index (κ2) is 10.9. The second-order valence-corrected chi connectivity index (χ2v) is 9.54. The number of fused-ring (bicyclic) bond motifs is 1. The number of carbonyl (C=O) groups excluding carboxylic acids is 2. The number of nitro benzene ring substituents is 1. The fourth-order valence-corrected chi connectivity index (χ4v) is 5.05. The molecule has 0 saturated carbocycles. The van der Waals surface area contributed by atoms with Gasteiger partial charge in [0, 0.05) is 48.6 Å². The van der Waals surface area contributed by atoms with E-state index in [0.717, 1.165) is 49.3 Å². The van der Waals surface area contributed by atoms with Crippen molar-refractivity contribution in [2.75, 3.05) is 30.8 Å². The number of piperidine rings is 1. The van der Waals surface area contributed by atoms with Crippen LogP contribution < -0.4 is 16.0 Å². The van der Waals surface area contributed by atoms with Crippen molar-refractivity contribution in [2.45, 2.75) is 19.4 Å². The van der Waals surface area contributed by atoms with Crippen LogP contribution in [0, 0.1) is 16.0 Å². The molecule has 0 aromatic heterocycles. The van der Waals surface area contributed by atoms with E-state index in [1.807, 2.05) is 54.6 Å². The van der Waals surface area contributed by atoms with Crippen molar-refractivity contribution in [3.63, 3.8) is 0 Å². The maximum atomic E-state index is 13.1. The average Bonchev–Trinajstić information content (AvgIpc) is 3.27. The number of amides is 2. The fourth-order valence-electron chi connectivity index (χ4n) is 5.05. The highest BCUT2D eigenvalue weighted by molar-refractivity contribution is 6.37. The van der Waals surface area contributed by atoms with E-state index >= 15 is 0 Å². The largest absolute Gasteiger partial charge is 0.359 e. The van der Waals surface area contributed by atoms with Crippen LogP contribution in [0.1, 0.15) is 29.5 Å². The zero-order valence-electron chi connectivity index (χ0n) is 21.1. The molecule has 0 spiro atoms. The molecule has 38 heavy (non-hydrogen) atoms. The van der Waals surface area contributed by atoms with Crippen LogP contribution in [0.25, 0.3) is 11.3 Å². The third-order valence-corrected chi connectivity index (χ3v) is 7.11. The lowest BCUT2D eigenvalue weighted by molar-refractivity contribution is -0.384. The Balaban J connectivity index is 1.39. The van der Waals surface area contributed by atoms with Crippen LogP contribution >= 0.6 is 0 Å². The van der Waals surface area contributed by atoms with Crippen molar-refractivity contribution in [1.82, 2.24) is 10.2 Å². The van der Waals surface area contributed by atoms with Gasteiger partial charge in [-0.25, -0.2) is 0 Å². The molecule has 0 radical (unpaired) electrons. The number of hydrogen-bond donors (Lipinski definition) is 3. The molecule has 0 bridgehead atoms. The lowest BCUT2D eigenvalue weighted by atomic mass is 9.95. The Bertz CT molecular complexity index is 1390. The molecule has 0 atom stereocenters. The van der Waals surface area contributed by atoms with Gasteiger partial charge in [-0.15, -0.1) is 0 Å². The first-order chi connectivity index (χ1) is 18.4. The fraction of sp³-hybridized carbons (Fsp3) is 0.241. The van der Waals surface area contributed by atoms with Gasteiger partial charge in [0.05, 0.1) is 16.2 Å². The summed E-state index contributed by atoms with van der Waals surface area (Å²) >= 11 is 0. The summed E-state index contributed by atoms with van der Waals surface area (Å²) in [6.07, 6.45) is 1.71. The van der Waals surface area contributed by atoms with Gasteiger partial charge in [-0.1, -0.05) is 42.5 Å². The Morgan fingerprint density at radius 1 is 1.05 bits per heavy atom.